The number of hydrogen-bond acceptors (Lipinski definition) is 1. The van der Waals surface area contributed by atoms with Crippen LogP contribution in [-0.2, 0) is 6.42 Å². The normalized spacial score (nSPS) is 12.5. The highest BCUT2D eigenvalue weighted by Gasteiger charge is 2.04. The topological polar surface area (TPSA) is 20.2 Å². The van der Waals surface area contributed by atoms with Crippen LogP contribution < -0.4 is 0 Å². The molecule has 0 amide bonds. The van der Waals surface area contributed by atoms with E-state index in [-0.39, 0.29) is 6.10 Å². The van der Waals surface area contributed by atoms with Crippen LogP contribution in [0.5, 0.6) is 0 Å². The van der Waals surface area contributed by atoms with Crippen LogP contribution in [0.15, 0.2) is 30.3 Å². The minimum atomic E-state index is -0.164. The van der Waals surface area contributed by atoms with Crippen molar-refractivity contribution in [1.82, 2.24) is 0 Å². The highest BCUT2D eigenvalue weighted by Crippen LogP contribution is 2.12. The molecule has 1 aromatic carbocycles. The Kier molecular flexibility index (Phi) is 9.44. The molecule has 1 unspecified atom stereocenters. The van der Waals surface area contributed by atoms with Gasteiger partial charge in [0.2, 0.25) is 0 Å². The van der Waals surface area contributed by atoms with Crippen LogP contribution in [0.2, 0.25) is 0 Å². The minimum absolute atomic E-state index is 0.164. The third kappa shape index (κ3) is 8.83. The summed E-state index contributed by atoms with van der Waals surface area (Å²) in [5.74, 6) is 0. The molecule has 0 aliphatic rings. The van der Waals surface area contributed by atoms with E-state index in [0.29, 0.717) is 0 Å². The van der Waals surface area contributed by atoms with Crippen molar-refractivity contribution in [2.75, 3.05) is 0 Å². The molecule has 0 fully saturated rings. The Morgan fingerprint density at radius 2 is 1.42 bits per heavy atom. The molecule has 1 heteroatoms. The zero-order chi connectivity index (χ0) is 13.8. The Balaban J connectivity index is 1.94. The fourth-order valence-electron chi connectivity index (χ4n) is 2.50. The zero-order valence-electron chi connectivity index (χ0n) is 12.5. The second kappa shape index (κ2) is 11.0. The summed E-state index contributed by atoms with van der Waals surface area (Å²) in [5, 5.41) is 9.98. The summed E-state index contributed by atoms with van der Waals surface area (Å²) in [4.78, 5) is 0. The fourth-order valence-corrected chi connectivity index (χ4v) is 2.50. The second-order valence-electron chi connectivity index (χ2n) is 5.61. The van der Waals surface area contributed by atoms with Crippen molar-refractivity contribution in [3.05, 3.63) is 35.9 Å². The summed E-state index contributed by atoms with van der Waals surface area (Å²) in [6.07, 6.45) is 12.2. The smallest absolute Gasteiger partial charge is 0.0580 e. The minimum Gasteiger partial charge on any atom is -0.393 e. The average molecular weight is 262 g/mol. The van der Waals surface area contributed by atoms with Crippen molar-refractivity contribution in [3.63, 3.8) is 0 Å². The molecule has 1 aromatic rings. The lowest BCUT2D eigenvalue weighted by Crippen LogP contribution is -2.10. The van der Waals surface area contributed by atoms with E-state index in [1.165, 1.54) is 56.9 Å². The first-order chi connectivity index (χ1) is 9.33. The predicted molar refractivity (Wildman–Crippen MR) is 83.4 cm³/mol. The Morgan fingerprint density at radius 3 is 2.05 bits per heavy atom. The van der Waals surface area contributed by atoms with Crippen molar-refractivity contribution < 1.29 is 5.11 Å². The molecule has 1 N–H and O–H groups in total. The van der Waals surface area contributed by atoms with E-state index >= 15 is 0 Å². The lowest BCUT2D eigenvalue weighted by atomic mass is 10.0. The Morgan fingerprint density at radius 1 is 0.842 bits per heavy atom. The van der Waals surface area contributed by atoms with Crippen molar-refractivity contribution in [3.8, 4) is 0 Å². The number of aliphatic hydroxyl groups excluding tert-OH is 1. The van der Waals surface area contributed by atoms with Gasteiger partial charge in [0.15, 0.2) is 0 Å². The van der Waals surface area contributed by atoms with Crippen molar-refractivity contribution in [2.24, 2.45) is 0 Å². The van der Waals surface area contributed by atoms with Crippen LogP contribution in [0.1, 0.15) is 70.3 Å². The molecule has 0 aliphatic heterocycles. The van der Waals surface area contributed by atoms with Crippen LogP contribution in [0.4, 0.5) is 0 Å². The number of benzene rings is 1. The van der Waals surface area contributed by atoms with Crippen LogP contribution >= 0.6 is 0 Å². The lowest BCUT2D eigenvalue weighted by Gasteiger charge is -2.10. The molecule has 1 nitrogen and oxygen atoms in total. The highest BCUT2D eigenvalue weighted by atomic mass is 16.3. The van der Waals surface area contributed by atoms with Gasteiger partial charge in [0.25, 0.3) is 0 Å². The number of aliphatic hydroxyl groups is 1. The molecule has 1 rings (SSSR count). The molecule has 0 radical (unpaired) electrons. The largest absolute Gasteiger partial charge is 0.393 e. The first kappa shape index (κ1) is 16.2. The van der Waals surface area contributed by atoms with Crippen LogP contribution in [-0.4, -0.2) is 11.2 Å². The van der Waals surface area contributed by atoms with Crippen LogP contribution in [0.25, 0.3) is 0 Å². The monoisotopic (exact) mass is 262 g/mol. The van der Waals surface area contributed by atoms with Gasteiger partial charge in [0.05, 0.1) is 6.10 Å². The molecule has 108 valence electrons. The van der Waals surface area contributed by atoms with Gasteiger partial charge in [0, 0.05) is 0 Å². The van der Waals surface area contributed by atoms with E-state index < -0.39 is 0 Å². The van der Waals surface area contributed by atoms with Gasteiger partial charge in [-0.3, -0.25) is 0 Å². The summed E-state index contributed by atoms with van der Waals surface area (Å²) in [5.41, 5.74) is 1.24. The maximum Gasteiger partial charge on any atom is 0.0580 e. The van der Waals surface area contributed by atoms with Gasteiger partial charge in [-0.25, -0.2) is 0 Å². The summed E-state index contributed by atoms with van der Waals surface area (Å²) in [7, 11) is 0. The molecule has 0 spiro atoms. The first-order valence-electron chi connectivity index (χ1n) is 8.05. The Bertz CT molecular complexity index is 294. The van der Waals surface area contributed by atoms with Gasteiger partial charge >= 0.3 is 0 Å². The van der Waals surface area contributed by atoms with Gasteiger partial charge < -0.3 is 5.11 Å². The molecule has 19 heavy (non-hydrogen) atoms. The van der Waals surface area contributed by atoms with Gasteiger partial charge in [-0.1, -0.05) is 88.6 Å². The van der Waals surface area contributed by atoms with Crippen LogP contribution in [0.3, 0.4) is 0 Å². The molecule has 0 saturated carbocycles. The number of rotatable bonds is 11. The highest BCUT2D eigenvalue weighted by molar-refractivity contribution is 5.15. The standard InChI is InChI=1S/C18H30O/c1-2-3-4-5-6-7-8-12-15-18(19)16-17-13-10-9-11-14-17/h9-11,13-14,18-19H,2-8,12,15-16H2,1H3. The lowest BCUT2D eigenvalue weighted by molar-refractivity contribution is 0.161. The van der Waals surface area contributed by atoms with E-state index in [9.17, 15) is 5.11 Å². The molecule has 0 heterocycles. The van der Waals surface area contributed by atoms with E-state index in [4.69, 9.17) is 0 Å². The van der Waals surface area contributed by atoms with Gasteiger partial charge in [-0.2, -0.15) is 0 Å². The van der Waals surface area contributed by atoms with E-state index in [2.05, 4.69) is 19.1 Å². The molecular weight excluding hydrogens is 232 g/mol. The SMILES string of the molecule is CCCCCCCCCCC(O)Cc1ccccc1. The van der Waals surface area contributed by atoms with Crippen molar-refractivity contribution in [1.29, 1.82) is 0 Å². The third-order valence-corrected chi connectivity index (χ3v) is 3.71. The molecule has 1 atom stereocenters. The average Bonchev–Trinajstić information content (AvgIpc) is 2.43. The van der Waals surface area contributed by atoms with E-state index in [1.54, 1.807) is 0 Å². The Hall–Kier alpha value is -0.820. The molecule has 0 saturated heterocycles. The molecular formula is C18H30O. The van der Waals surface area contributed by atoms with E-state index in [0.717, 1.165) is 12.8 Å². The molecule has 0 aliphatic carbocycles. The molecule has 0 aromatic heterocycles. The zero-order valence-corrected chi connectivity index (χ0v) is 12.5. The first-order valence-corrected chi connectivity index (χ1v) is 8.05. The summed E-state index contributed by atoms with van der Waals surface area (Å²) in [6, 6.07) is 10.3. The number of hydrogen-bond donors (Lipinski definition) is 1. The maximum absolute atomic E-state index is 9.98. The van der Waals surface area contributed by atoms with Gasteiger partial charge in [0.1, 0.15) is 0 Å². The Labute approximate surface area is 119 Å². The fraction of sp³-hybridized carbons (Fsp3) is 0.667. The summed E-state index contributed by atoms with van der Waals surface area (Å²) < 4.78 is 0. The van der Waals surface area contributed by atoms with Crippen LogP contribution in [0, 0.1) is 0 Å². The van der Waals surface area contributed by atoms with Crippen molar-refractivity contribution >= 4 is 0 Å². The van der Waals surface area contributed by atoms with E-state index in [1.807, 2.05) is 18.2 Å². The maximum atomic E-state index is 9.98. The number of unbranched alkanes of at least 4 members (excludes halogenated alkanes) is 7. The third-order valence-electron chi connectivity index (χ3n) is 3.71. The summed E-state index contributed by atoms with van der Waals surface area (Å²) in [6.45, 7) is 2.26. The molecule has 0 bridgehead atoms. The van der Waals surface area contributed by atoms with Gasteiger partial charge in [-0.05, 0) is 18.4 Å². The van der Waals surface area contributed by atoms with Crippen molar-refractivity contribution in [2.45, 2.75) is 77.2 Å². The predicted octanol–water partition coefficient (Wildman–Crippen LogP) is 5.12. The quantitative estimate of drug-likeness (QED) is 0.549. The van der Waals surface area contributed by atoms with Gasteiger partial charge in [-0.15, -0.1) is 0 Å². The second-order valence-corrected chi connectivity index (χ2v) is 5.61. The summed E-state index contributed by atoms with van der Waals surface area (Å²) >= 11 is 0.